The van der Waals surface area contributed by atoms with E-state index >= 15 is 0 Å². The van der Waals surface area contributed by atoms with Crippen LogP contribution in [0.15, 0.2) is 53.7 Å². The summed E-state index contributed by atoms with van der Waals surface area (Å²) in [7, 11) is 3.56. The van der Waals surface area contributed by atoms with E-state index in [-0.39, 0.29) is 0 Å². The Balaban J connectivity index is 1.42. The largest absolute Gasteiger partial charge is 0.487 e. The molecule has 7 heteroatoms. The lowest BCUT2D eigenvalue weighted by Gasteiger charge is -2.34. The van der Waals surface area contributed by atoms with Gasteiger partial charge in [0.1, 0.15) is 12.4 Å². The second-order valence-corrected chi connectivity index (χ2v) is 7.56. The summed E-state index contributed by atoms with van der Waals surface area (Å²) in [5, 5.41) is 3.48. The minimum atomic E-state index is 0.333. The molecule has 0 amide bonds. The Bertz CT molecular complexity index is 792. The molecule has 0 radical (unpaired) electrons. The van der Waals surface area contributed by atoms with Gasteiger partial charge in [0.25, 0.3) is 0 Å². The summed E-state index contributed by atoms with van der Waals surface area (Å²) in [5.41, 5.74) is 2.06. The van der Waals surface area contributed by atoms with Crippen LogP contribution in [0.1, 0.15) is 30.5 Å². The first kappa shape index (κ1) is 23.0. The smallest absolute Gasteiger partial charge is 0.193 e. The zero-order valence-electron chi connectivity index (χ0n) is 18.6. The van der Waals surface area contributed by atoms with Gasteiger partial charge in [0, 0.05) is 53.2 Å². The summed E-state index contributed by atoms with van der Waals surface area (Å²) in [5.74, 6) is 1.77. The lowest BCUT2D eigenvalue weighted by atomic mass is 10.1. The van der Waals surface area contributed by atoms with Crippen LogP contribution < -0.4 is 10.1 Å². The second-order valence-electron chi connectivity index (χ2n) is 7.56. The van der Waals surface area contributed by atoms with E-state index in [1.54, 1.807) is 13.3 Å². The molecular weight excluding hydrogens is 392 g/mol. The lowest BCUT2D eigenvalue weighted by Crippen LogP contribution is -2.46. The Morgan fingerprint density at radius 1 is 1.16 bits per heavy atom. The first-order valence-electron chi connectivity index (χ1n) is 11.0. The Kier molecular flexibility index (Phi) is 9.60. The van der Waals surface area contributed by atoms with Crippen LogP contribution in [0.3, 0.4) is 0 Å². The van der Waals surface area contributed by atoms with Gasteiger partial charge >= 0.3 is 0 Å². The third kappa shape index (κ3) is 7.84. The molecule has 1 saturated heterocycles. The summed E-state index contributed by atoms with van der Waals surface area (Å²) in [6, 6.07) is 14.0. The Hall–Kier alpha value is -2.64. The van der Waals surface area contributed by atoms with Crippen molar-refractivity contribution in [3.05, 3.63) is 59.9 Å². The molecule has 168 valence electrons. The second kappa shape index (κ2) is 12.9. The molecule has 7 nitrogen and oxygen atoms in total. The highest BCUT2D eigenvalue weighted by atomic mass is 16.5. The third-order valence-corrected chi connectivity index (χ3v) is 5.26. The summed E-state index contributed by atoms with van der Waals surface area (Å²) >= 11 is 0. The van der Waals surface area contributed by atoms with Crippen molar-refractivity contribution in [1.82, 2.24) is 15.2 Å². The molecule has 0 atom stereocenters. The average molecular weight is 427 g/mol. The van der Waals surface area contributed by atoms with Gasteiger partial charge in [-0.15, -0.1) is 0 Å². The highest BCUT2D eigenvalue weighted by molar-refractivity contribution is 5.80. The molecule has 0 saturated carbocycles. The number of aliphatic imine (C=N–C) groups is 1. The zero-order valence-corrected chi connectivity index (χ0v) is 18.6. The highest BCUT2D eigenvalue weighted by Crippen LogP contribution is 2.16. The molecule has 0 unspecified atom stereocenters. The number of hydrogen-bond donors (Lipinski definition) is 1. The molecule has 0 aliphatic carbocycles. The van der Waals surface area contributed by atoms with Crippen molar-refractivity contribution in [2.45, 2.75) is 38.5 Å². The van der Waals surface area contributed by atoms with Crippen molar-refractivity contribution >= 4 is 5.96 Å². The van der Waals surface area contributed by atoms with Crippen molar-refractivity contribution < 1.29 is 14.2 Å². The van der Waals surface area contributed by atoms with Gasteiger partial charge in [-0.25, -0.2) is 0 Å². The fraction of sp³-hybridized carbons (Fsp3) is 0.500. The number of guanidine groups is 1. The first-order chi connectivity index (χ1) is 15.3. The number of ether oxygens (including phenoxy) is 3. The van der Waals surface area contributed by atoms with E-state index in [0.717, 1.165) is 68.5 Å². The van der Waals surface area contributed by atoms with E-state index < -0.39 is 0 Å². The fourth-order valence-corrected chi connectivity index (χ4v) is 3.59. The number of rotatable bonds is 10. The number of methoxy groups -OCH3 is 1. The predicted molar refractivity (Wildman–Crippen MR) is 122 cm³/mol. The standard InChI is InChI=1S/C24H34N4O3/c1-25-24(28-13-10-22(11-14-28)30-16-6-15-29-2)27-18-20-7-5-9-23(17-20)31-19-21-8-3-4-12-26-21/h3-5,7-9,12,17,22H,6,10-11,13-16,18-19H2,1-2H3,(H,25,27). The van der Waals surface area contributed by atoms with Crippen LogP contribution in [0, 0.1) is 0 Å². The number of nitrogens with one attached hydrogen (secondary N) is 1. The molecule has 1 fully saturated rings. The number of piperidine rings is 1. The van der Waals surface area contributed by atoms with Gasteiger partial charge in [0.2, 0.25) is 0 Å². The van der Waals surface area contributed by atoms with Crippen LogP contribution in [-0.2, 0) is 22.6 Å². The van der Waals surface area contributed by atoms with Crippen molar-refractivity contribution in [3.63, 3.8) is 0 Å². The number of likely N-dealkylation sites (tertiary alicyclic amines) is 1. The van der Waals surface area contributed by atoms with E-state index in [2.05, 4.69) is 32.3 Å². The maximum absolute atomic E-state index is 5.96. The number of benzene rings is 1. The van der Waals surface area contributed by atoms with Crippen LogP contribution in [0.25, 0.3) is 0 Å². The van der Waals surface area contributed by atoms with E-state index in [0.29, 0.717) is 19.3 Å². The molecule has 1 aromatic heterocycles. The van der Waals surface area contributed by atoms with Crippen LogP contribution in [0.2, 0.25) is 0 Å². The molecule has 1 N–H and O–H groups in total. The Morgan fingerprint density at radius 2 is 2.03 bits per heavy atom. The molecule has 0 bridgehead atoms. The number of hydrogen-bond acceptors (Lipinski definition) is 5. The van der Waals surface area contributed by atoms with E-state index in [9.17, 15) is 0 Å². The molecule has 0 spiro atoms. The quantitative estimate of drug-likeness (QED) is 0.357. The minimum Gasteiger partial charge on any atom is -0.487 e. The average Bonchev–Trinajstić information content (AvgIpc) is 2.83. The summed E-state index contributed by atoms with van der Waals surface area (Å²) in [6.45, 7) is 4.57. The number of aromatic nitrogens is 1. The Morgan fingerprint density at radius 3 is 2.77 bits per heavy atom. The fourth-order valence-electron chi connectivity index (χ4n) is 3.59. The number of nitrogens with zero attached hydrogens (tertiary/aromatic N) is 3. The monoisotopic (exact) mass is 426 g/mol. The van der Waals surface area contributed by atoms with Crippen LogP contribution >= 0.6 is 0 Å². The highest BCUT2D eigenvalue weighted by Gasteiger charge is 2.21. The molecule has 31 heavy (non-hydrogen) atoms. The van der Waals surface area contributed by atoms with E-state index in [4.69, 9.17) is 14.2 Å². The molecule has 3 rings (SSSR count). The van der Waals surface area contributed by atoms with Gasteiger partial charge in [-0.2, -0.15) is 0 Å². The van der Waals surface area contributed by atoms with Gasteiger partial charge in [0.05, 0.1) is 11.8 Å². The van der Waals surface area contributed by atoms with E-state index in [1.165, 1.54) is 0 Å². The van der Waals surface area contributed by atoms with Crippen molar-refractivity contribution in [2.75, 3.05) is 40.5 Å². The third-order valence-electron chi connectivity index (χ3n) is 5.26. The Labute approximate surface area is 185 Å². The summed E-state index contributed by atoms with van der Waals surface area (Å²) < 4.78 is 16.9. The van der Waals surface area contributed by atoms with Crippen LogP contribution in [0.5, 0.6) is 5.75 Å². The zero-order chi connectivity index (χ0) is 21.7. The number of pyridine rings is 1. The molecule has 2 aromatic rings. The summed E-state index contributed by atoms with van der Waals surface area (Å²) in [6.07, 6.45) is 5.10. The normalized spacial score (nSPS) is 15.2. The van der Waals surface area contributed by atoms with Gasteiger partial charge in [-0.1, -0.05) is 18.2 Å². The van der Waals surface area contributed by atoms with Crippen molar-refractivity contribution in [1.29, 1.82) is 0 Å². The summed E-state index contributed by atoms with van der Waals surface area (Å²) in [4.78, 5) is 11.1. The van der Waals surface area contributed by atoms with Gasteiger partial charge in [-0.3, -0.25) is 9.98 Å². The molecular formula is C24H34N4O3. The molecule has 1 aliphatic rings. The van der Waals surface area contributed by atoms with E-state index in [1.807, 2.05) is 37.4 Å². The molecule has 2 heterocycles. The van der Waals surface area contributed by atoms with Crippen molar-refractivity contribution in [3.8, 4) is 5.75 Å². The van der Waals surface area contributed by atoms with Gasteiger partial charge in [-0.05, 0) is 49.1 Å². The minimum absolute atomic E-state index is 0.333. The SMILES string of the molecule is CN=C(NCc1cccc(OCc2ccccn2)c1)N1CCC(OCCCOC)CC1. The van der Waals surface area contributed by atoms with Crippen molar-refractivity contribution in [2.24, 2.45) is 4.99 Å². The topological polar surface area (TPSA) is 68.2 Å². The lowest BCUT2D eigenvalue weighted by molar-refractivity contribution is 0.00989. The first-order valence-corrected chi connectivity index (χ1v) is 11.0. The predicted octanol–water partition coefficient (Wildman–Crippen LogP) is 3.25. The maximum Gasteiger partial charge on any atom is 0.193 e. The van der Waals surface area contributed by atoms with Crippen LogP contribution in [0.4, 0.5) is 0 Å². The van der Waals surface area contributed by atoms with Gasteiger partial charge < -0.3 is 24.4 Å². The molecule has 1 aliphatic heterocycles. The maximum atomic E-state index is 5.96. The molecule has 1 aromatic carbocycles. The van der Waals surface area contributed by atoms with Crippen LogP contribution in [-0.4, -0.2) is 62.4 Å². The van der Waals surface area contributed by atoms with Gasteiger partial charge in [0.15, 0.2) is 5.96 Å².